The molecule has 14 heavy (non-hydrogen) atoms. The van der Waals surface area contributed by atoms with Gasteiger partial charge in [0.1, 0.15) is 11.0 Å². The topological polar surface area (TPSA) is 43.8 Å². The van der Waals surface area contributed by atoms with E-state index in [9.17, 15) is 0 Å². The third-order valence-electron chi connectivity index (χ3n) is 2.83. The van der Waals surface area contributed by atoms with Crippen molar-refractivity contribution in [2.45, 2.75) is 38.8 Å². The minimum Gasteiger partial charge on any atom is -0.328 e. The third-order valence-corrected chi connectivity index (χ3v) is 3.13. The van der Waals surface area contributed by atoms with Crippen LogP contribution in [0.5, 0.6) is 0 Å². The Labute approximate surface area is 89.3 Å². The summed E-state index contributed by atoms with van der Waals surface area (Å²) in [6.07, 6.45) is 5.02. The van der Waals surface area contributed by atoms with E-state index in [1.54, 1.807) is 6.20 Å². The fourth-order valence-electron chi connectivity index (χ4n) is 2.19. The number of rotatable bonds is 2. The lowest BCUT2D eigenvalue weighted by Gasteiger charge is -2.24. The van der Waals surface area contributed by atoms with Crippen LogP contribution in [0, 0.1) is 5.92 Å². The molecule has 0 fully saturated rings. The van der Waals surface area contributed by atoms with Gasteiger partial charge in [-0.25, -0.2) is 4.98 Å². The summed E-state index contributed by atoms with van der Waals surface area (Å²) in [6, 6.07) is 0.289. The first-order valence-electron chi connectivity index (χ1n) is 5.12. The second-order valence-corrected chi connectivity index (χ2v) is 4.61. The normalized spacial score (nSPS) is 23.2. The van der Waals surface area contributed by atoms with Crippen LogP contribution in [0.25, 0.3) is 0 Å². The molecule has 0 spiro atoms. The molecule has 2 unspecified atom stereocenters. The summed E-state index contributed by atoms with van der Waals surface area (Å²) in [4.78, 5) is 4.30. The minimum absolute atomic E-state index is 0.289. The molecule has 0 radical (unpaired) electrons. The minimum atomic E-state index is 0.289. The summed E-state index contributed by atoms with van der Waals surface area (Å²) >= 11 is 5.99. The average Bonchev–Trinajstić information content (AvgIpc) is 2.46. The standard InChI is InChI=1S/C10H16ClN3/c1-7(12)4-8-2-3-14-9(11)6-13-10(14)5-8/h6-8H,2-5,12H2,1H3. The van der Waals surface area contributed by atoms with Gasteiger partial charge in [0.05, 0.1) is 6.20 Å². The van der Waals surface area contributed by atoms with Gasteiger partial charge in [0.25, 0.3) is 0 Å². The Morgan fingerprint density at radius 3 is 3.29 bits per heavy atom. The lowest BCUT2D eigenvalue weighted by Crippen LogP contribution is -2.26. The van der Waals surface area contributed by atoms with Crippen LogP contribution in [0.1, 0.15) is 25.6 Å². The zero-order valence-electron chi connectivity index (χ0n) is 8.41. The summed E-state index contributed by atoms with van der Waals surface area (Å²) in [5.41, 5.74) is 5.80. The molecule has 3 nitrogen and oxygen atoms in total. The van der Waals surface area contributed by atoms with Crippen molar-refractivity contribution < 1.29 is 0 Å². The van der Waals surface area contributed by atoms with E-state index >= 15 is 0 Å². The van der Waals surface area contributed by atoms with Gasteiger partial charge >= 0.3 is 0 Å². The molecule has 0 saturated carbocycles. The number of nitrogens with zero attached hydrogens (tertiary/aromatic N) is 2. The molecule has 1 aliphatic rings. The molecule has 0 saturated heterocycles. The molecule has 2 rings (SSSR count). The molecule has 78 valence electrons. The number of imidazole rings is 1. The molecular formula is C10H16ClN3. The average molecular weight is 214 g/mol. The SMILES string of the molecule is CC(N)CC1CCn2c(Cl)cnc2C1. The quantitative estimate of drug-likeness (QED) is 0.815. The highest BCUT2D eigenvalue weighted by Crippen LogP contribution is 2.26. The summed E-state index contributed by atoms with van der Waals surface area (Å²) < 4.78 is 2.10. The van der Waals surface area contributed by atoms with Crippen LogP contribution in [-0.4, -0.2) is 15.6 Å². The number of hydrogen-bond acceptors (Lipinski definition) is 2. The lowest BCUT2D eigenvalue weighted by molar-refractivity contribution is 0.344. The highest BCUT2D eigenvalue weighted by atomic mass is 35.5. The maximum absolute atomic E-state index is 5.99. The first-order valence-corrected chi connectivity index (χ1v) is 5.50. The van der Waals surface area contributed by atoms with Crippen molar-refractivity contribution >= 4 is 11.6 Å². The van der Waals surface area contributed by atoms with Crippen LogP contribution in [0.2, 0.25) is 5.15 Å². The van der Waals surface area contributed by atoms with Crippen molar-refractivity contribution in [1.82, 2.24) is 9.55 Å². The van der Waals surface area contributed by atoms with E-state index in [4.69, 9.17) is 17.3 Å². The molecule has 1 aromatic heterocycles. The smallest absolute Gasteiger partial charge is 0.128 e. The molecule has 0 bridgehead atoms. The lowest BCUT2D eigenvalue weighted by atomic mass is 9.92. The summed E-state index contributed by atoms with van der Waals surface area (Å²) in [5.74, 6) is 1.80. The number of nitrogens with two attached hydrogens (primary N) is 1. The van der Waals surface area contributed by atoms with Gasteiger partial charge in [-0.2, -0.15) is 0 Å². The maximum Gasteiger partial charge on any atom is 0.128 e. The van der Waals surface area contributed by atoms with Crippen molar-refractivity contribution in [3.63, 3.8) is 0 Å². The molecule has 0 amide bonds. The Bertz CT molecular complexity index is 319. The van der Waals surface area contributed by atoms with E-state index in [1.165, 1.54) is 6.42 Å². The predicted molar refractivity (Wildman–Crippen MR) is 57.3 cm³/mol. The molecule has 2 heterocycles. The van der Waals surface area contributed by atoms with Crippen molar-refractivity contribution in [3.05, 3.63) is 17.2 Å². The maximum atomic E-state index is 5.99. The van der Waals surface area contributed by atoms with E-state index in [1.807, 2.05) is 0 Å². The Morgan fingerprint density at radius 1 is 1.79 bits per heavy atom. The Hall–Kier alpha value is -0.540. The van der Waals surface area contributed by atoms with Gasteiger partial charge < -0.3 is 10.3 Å². The van der Waals surface area contributed by atoms with E-state index in [-0.39, 0.29) is 6.04 Å². The van der Waals surface area contributed by atoms with Gasteiger partial charge in [-0.3, -0.25) is 0 Å². The molecule has 1 aromatic rings. The molecule has 0 aliphatic carbocycles. The van der Waals surface area contributed by atoms with Gasteiger partial charge in [0.15, 0.2) is 0 Å². The molecular weight excluding hydrogens is 198 g/mol. The van der Waals surface area contributed by atoms with Crippen molar-refractivity contribution in [1.29, 1.82) is 0 Å². The molecule has 1 aliphatic heterocycles. The first kappa shape index (κ1) is 9.99. The Kier molecular flexibility index (Phi) is 2.79. The highest BCUT2D eigenvalue weighted by Gasteiger charge is 2.21. The number of hydrogen-bond donors (Lipinski definition) is 1. The zero-order chi connectivity index (χ0) is 10.1. The molecule has 0 aromatic carbocycles. The van der Waals surface area contributed by atoms with E-state index in [2.05, 4.69) is 16.5 Å². The fourth-order valence-corrected chi connectivity index (χ4v) is 2.42. The van der Waals surface area contributed by atoms with Crippen LogP contribution in [-0.2, 0) is 13.0 Å². The first-order chi connectivity index (χ1) is 6.66. The van der Waals surface area contributed by atoms with E-state index < -0.39 is 0 Å². The Morgan fingerprint density at radius 2 is 2.57 bits per heavy atom. The van der Waals surface area contributed by atoms with Crippen molar-refractivity contribution in [2.24, 2.45) is 11.7 Å². The van der Waals surface area contributed by atoms with Crippen LogP contribution >= 0.6 is 11.6 Å². The van der Waals surface area contributed by atoms with Crippen LogP contribution < -0.4 is 5.73 Å². The van der Waals surface area contributed by atoms with E-state index in [0.717, 1.165) is 30.4 Å². The van der Waals surface area contributed by atoms with Gasteiger partial charge in [0.2, 0.25) is 0 Å². The van der Waals surface area contributed by atoms with E-state index in [0.29, 0.717) is 5.92 Å². The number of halogens is 1. The largest absolute Gasteiger partial charge is 0.328 e. The summed E-state index contributed by atoms with van der Waals surface area (Å²) in [5, 5.41) is 0.763. The zero-order valence-corrected chi connectivity index (χ0v) is 9.17. The van der Waals surface area contributed by atoms with Crippen molar-refractivity contribution in [2.75, 3.05) is 0 Å². The Balaban J connectivity index is 2.06. The molecule has 4 heteroatoms. The molecule has 2 N–H and O–H groups in total. The molecule has 2 atom stereocenters. The van der Waals surface area contributed by atoms with Crippen LogP contribution in [0.3, 0.4) is 0 Å². The van der Waals surface area contributed by atoms with Gasteiger partial charge in [-0.1, -0.05) is 11.6 Å². The summed E-state index contributed by atoms with van der Waals surface area (Å²) in [7, 11) is 0. The third kappa shape index (κ3) is 1.93. The van der Waals surface area contributed by atoms with Crippen molar-refractivity contribution in [3.8, 4) is 0 Å². The van der Waals surface area contributed by atoms with Gasteiger partial charge in [-0.05, 0) is 25.7 Å². The monoisotopic (exact) mass is 213 g/mol. The number of aromatic nitrogens is 2. The van der Waals surface area contributed by atoms with Crippen LogP contribution in [0.4, 0.5) is 0 Å². The van der Waals surface area contributed by atoms with Crippen LogP contribution in [0.15, 0.2) is 6.20 Å². The van der Waals surface area contributed by atoms with Gasteiger partial charge in [-0.15, -0.1) is 0 Å². The number of fused-ring (bicyclic) bond motifs is 1. The highest BCUT2D eigenvalue weighted by molar-refractivity contribution is 6.29. The predicted octanol–water partition coefficient (Wildman–Crippen LogP) is 1.84. The van der Waals surface area contributed by atoms with Gasteiger partial charge in [0, 0.05) is 19.0 Å². The summed E-state index contributed by atoms with van der Waals surface area (Å²) in [6.45, 7) is 3.06. The second kappa shape index (κ2) is 3.91. The fraction of sp³-hybridized carbons (Fsp3) is 0.700. The second-order valence-electron chi connectivity index (χ2n) is 4.22.